The molecular weight excluding hydrogens is 172 g/mol. The van der Waals surface area contributed by atoms with Crippen LogP contribution in [-0.4, -0.2) is 19.4 Å². The van der Waals surface area contributed by atoms with Gasteiger partial charge in [0, 0.05) is 24.2 Å². The molecule has 0 bridgehead atoms. The minimum Gasteiger partial charge on any atom is -0.366 e. The fraction of sp³-hybridized carbons (Fsp3) is 0.222. The molecule has 0 aromatic heterocycles. The third-order valence-corrected chi connectivity index (χ3v) is 1.60. The van der Waals surface area contributed by atoms with E-state index < -0.39 is 0 Å². The number of nitrogens with zero attached hydrogens (tertiary/aromatic N) is 1. The fourth-order valence-electron chi connectivity index (χ4n) is 1.02. The lowest BCUT2D eigenvalue weighted by Crippen LogP contribution is -2.27. The lowest BCUT2D eigenvalue weighted by Gasteiger charge is -2.12. The zero-order chi connectivity index (χ0) is 8.97. The summed E-state index contributed by atoms with van der Waals surface area (Å²) in [6.07, 6.45) is 5.78. The van der Waals surface area contributed by atoms with E-state index in [1.807, 2.05) is 12.2 Å². The average molecular weight is 183 g/mol. The minimum absolute atomic E-state index is 0.513. The van der Waals surface area contributed by atoms with Crippen molar-refractivity contribution in [2.45, 2.75) is 0 Å². The number of rotatable bonds is 1. The zero-order valence-corrected chi connectivity index (χ0v) is 7.73. The van der Waals surface area contributed by atoms with Gasteiger partial charge in [0.2, 0.25) is 0 Å². The fourth-order valence-corrected chi connectivity index (χ4v) is 1.13. The summed E-state index contributed by atoms with van der Waals surface area (Å²) in [6.45, 7) is 4.41. The molecule has 0 amide bonds. The molecule has 12 heavy (non-hydrogen) atoms. The van der Waals surface area contributed by atoms with E-state index in [0.29, 0.717) is 5.03 Å². The highest BCUT2D eigenvalue weighted by Gasteiger charge is 2.05. The van der Waals surface area contributed by atoms with Gasteiger partial charge in [-0.2, -0.15) is 0 Å². The highest BCUT2D eigenvalue weighted by Crippen LogP contribution is 2.09. The molecule has 64 valence electrons. The largest absolute Gasteiger partial charge is 0.366 e. The second-order valence-electron chi connectivity index (χ2n) is 2.40. The molecule has 1 aliphatic rings. The molecule has 0 spiro atoms. The Hall–Kier alpha value is -1.02. The van der Waals surface area contributed by atoms with Gasteiger partial charge in [-0.15, -0.1) is 0 Å². The number of aliphatic imine (C=N–C) groups is 1. The third kappa shape index (κ3) is 2.24. The molecule has 0 aromatic rings. The lowest BCUT2D eigenvalue weighted by atomic mass is 10.1. The Morgan fingerprint density at radius 2 is 2.58 bits per heavy atom. The van der Waals surface area contributed by atoms with Gasteiger partial charge in [0.25, 0.3) is 0 Å². The van der Waals surface area contributed by atoms with Gasteiger partial charge in [0.1, 0.15) is 5.84 Å². The summed E-state index contributed by atoms with van der Waals surface area (Å²) in [4.78, 5) is 4.07. The lowest BCUT2D eigenvalue weighted by molar-refractivity contribution is 1.01. The van der Waals surface area contributed by atoms with Crippen LogP contribution in [-0.2, 0) is 0 Å². The molecule has 0 saturated heterocycles. The predicted octanol–water partition coefficient (Wildman–Crippen LogP) is 1.85. The Bertz CT molecular complexity index is 274. The van der Waals surface area contributed by atoms with Crippen molar-refractivity contribution < 1.29 is 0 Å². The van der Waals surface area contributed by atoms with Crippen molar-refractivity contribution in [3.63, 3.8) is 0 Å². The van der Waals surface area contributed by atoms with E-state index in [2.05, 4.69) is 16.9 Å². The highest BCUT2D eigenvalue weighted by atomic mass is 35.5. The monoisotopic (exact) mass is 182 g/mol. The summed E-state index contributed by atoms with van der Waals surface area (Å²) in [5, 5.41) is 3.63. The molecular formula is C9H11ClN2. The van der Waals surface area contributed by atoms with Crippen LogP contribution in [0.4, 0.5) is 0 Å². The topological polar surface area (TPSA) is 24.4 Å². The second kappa shape index (κ2) is 4.12. The number of hydrogen-bond acceptors (Lipinski definition) is 1. The van der Waals surface area contributed by atoms with Crippen LogP contribution < -0.4 is 5.32 Å². The second-order valence-corrected chi connectivity index (χ2v) is 2.89. The van der Waals surface area contributed by atoms with Crippen LogP contribution >= 0.6 is 11.6 Å². The Morgan fingerprint density at radius 3 is 3.17 bits per heavy atom. The van der Waals surface area contributed by atoms with Gasteiger partial charge in [-0.1, -0.05) is 30.3 Å². The molecule has 0 radical (unpaired) electrons. The first kappa shape index (κ1) is 9.07. The van der Waals surface area contributed by atoms with E-state index in [1.54, 1.807) is 13.1 Å². The van der Waals surface area contributed by atoms with E-state index >= 15 is 0 Å². The van der Waals surface area contributed by atoms with Crippen LogP contribution in [0, 0.1) is 0 Å². The number of nitrogens with one attached hydrogen (secondary N) is 1. The van der Waals surface area contributed by atoms with Crippen molar-refractivity contribution in [3.8, 4) is 0 Å². The Labute approximate surface area is 77.3 Å². The third-order valence-electron chi connectivity index (χ3n) is 1.49. The Morgan fingerprint density at radius 1 is 1.83 bits per heavy atom. The van der Waals surface area contributed by atoms with Gasteiger partial charge in [0.15, 0.2) is 0 Å². The maximum atomic E-state index is 5.65. The molecule has 1 heterocycles. The van der Waals surface area contributed by atoms with Crippen molar-refractivity contribution in [2.24, 2.45) is 4.99 Å². The van der Waals surface area contributed by atoms with Crippen molar-refractivity contribution in [2.75, 3.05) is 13.6 Å². The molecule has 1 N–H and O–H groups in total. The molecule has 0 aromatic carbocycles. The zero-order valence-electron chi connectivity index (χ0n) is 6.97. The number of halogens is 1. The summed E-state index contributed by atoms with van der Waals surface area (Å²) < 4.78 is 0. The van der Waals surface area contributed by atoms with E-state index in [1.165, 1.54) is 0 Å². The summed E-state index contributed by atoms with van der Waals surface area (Å²) in [5.74, 6) is 0.860. The first-order chi connectivity index (χ1) is 5.74. The number of amidine groups is 1. The summed E-state index contributed by atoms with van der Waals surface area (Å²) in [5.41, 5.74) is 0.976. The van der Waals surface area contributed by atoms with Crippen molar-refractivity contribution >= 4 is 17.4 Å². The molecule has 0 saturated carbocycles. The van der Waals surface area contributed by atoms with E-state index in [9.17, 15) is 0 Å². The van der Waals surface area contributed by atoms with Crippen LogP contribution in [0.3, 0.4) is 0 Å². The number of hydrogen-bond donors (Lipinski definition) is 1. The maximum Gasteiger partial charge on any atom is 0.128 e. The SMILES string of the molecule is C=C(Cl)/C=C1/C=CCNC1=NC. The average Bonchev–Trinajstić information content (AvgIpc) is 2.04. The molecule has 1 rings (SSSR count). The van der Waals surface area contributed by atoms with E-state index in [4.69, 9.17) is 11.6 Å². The maximum absolute atomic E-state index is 5.65. The van der Waals surface area contributed by atoms with Gasteiger partial charge >= 0.3 is 0 Å². The van der Waals surface area contributed by atoms with Gasteiger partial charge in [0.05, 0.1) is 0 Å². The van der Waals surface area contributed by atoms with Gasteiger partial charge in [-0.05, 0) is 6.08 Å². The Balaban J connectivity index is 2.93. The first-order valence-electron chi connectivity index (χ1n) is 3.67. The molecule has 0 atom stereocenters. The summed E-state index contributed by atoms with van der Waals surface area (Å²) >= 11 is 5.65. The summed E-state index contributed by atoms with van der Waals surface area (Å²) in [7, 11) is 1.74. The van der Waals surface area contributed by atoms with Gasteiger partial charge in [-0.3, -0.25) is 4.99 Å². The standard InChI is InChI=1S/C9H11ClN2/c1-7(10)6-8-4-3-5-12-9(8)11-2/h3-4,6H,1,5H2,2H3,(H,11,12)/b8-6-. The van der Waals surface area contributed by atoms with Crippen molar-refractivity contribution in [1.29, 1.82) is 0 Å². The molecule has 0 unspecified atom stereocenters. The molecule has 3 heteroatoms. The summed E-state index contributed by atoms with van der Waals surface area (Å²) in [6, 6.07) is 0. The van der Waals surface area contributed by atoms with Crippen LogP contribution in [0.25, 0.3) is 0 Å². The predicted molar refractivity (Wildman–Crippen MR) is 53.6 cm³/mol. The van der Waals surface area contributed by atoms with Gasteiger partial charge < -0.3 is 5.32 Å². The smallest absolute Gasteiger partial charge is 0.128 e. The van der Waals surface area contributed by atoms with E-state index in [0.717, 1.165) is 18.0 Å². The molecule has 0 aliphatic carbocycles. The Kier molecular flexibility index (Phi) is 3.11. The quantitative estimate of drug-likeness (QED) is 0.658. The van der Waals surface area contributed by atoms with Crippen LogP contribution in [0.1, 0.15) is 0 Å². The first-order valence-corrected chi connectivity index (χ1v) is 4.05. The van der Waals surface area contributed by atoms with Gasteiger partial charge in [-0.25, -0.2) is 0 Å². The molecule has 0 fully saturated rings. The van der Waals surface area contributed by atoms with E-state index in [-0.39, 0.29) is 0 Å². The van der Waals surface area contributed by atoms with Crippen molar-refractivity contribution in [3.05, 3.63) is 35.4 Å². The normalized spacial score (nSPS) is 22.8. The van der Waals surface area contributed by atoms with Crippen LogP contribution in [0.5, 0.6) is 0 Å². The molecule has 1 aliphatic heterocycles. The highest BCUT2D eigenvalue weighted by molar-refractivity contribution is 6.31. The van der Waals surface area contributed by atoms with Crippen LogP contribution in [0.15, 0.2) is 40.4 Å². The van der Waals surface area contributed by atoms with Crippen molar-refractivity contribution in [1.82, 2.24) is 5.32 Å². The minimum atomic E-state index is 0.513. The number of allylic oxidation sites excluding steroid dienone is 2. The van der Waals surface area contributed by atoms with Crippen LogP contribution in [0.2, 0.25) is 0 Å². The molecule has 2 nitrogen and oxygen atoms in total.